The molecular weight excluding hydrogens is 357 g/mol. The van der Waals surface area contributed by atoms with Gasteiger partial charge in [-0.3, -0.25) is 9.59 Å². The van der Waals surface area contributed by atoms with E-state index < -0.39 is 17.8 Å². The number of carbonyl (C=O) groups excluding carboxylic acids is 2. The Morgan fingerprint density at radius 3 is 2.56 bits per heavy atom. The van der Waals surface area contributed by atoms with E-state index in [2.05, 4.69) is 5.32 Å². The Morgan fingerprint density at radius 2 is 1.89 bits per heavy atom. The molecule has 0 spiro atoms. The Morgan fingerprint density at radius 1 is 1.15 bits per heavy atom. The first-order valence-corrected chi connectivity index (χ1v) is 8.56. The predicted molar refractivity (Wildman–Crippen MR) is 97.0 cm³/mol. The van der Waals surface area contributed by atoms with Crippen molar-refractivity contribution < 1.29 is 22.8 Å². The van der Waals surface area contributed by atoms with Crippen molar-refractivity contribution >= 4 is 23.1 Å². The van der Waals surface area contributed by atoms with E-state index in [9.17, 15) is 22.8 Å². The largest absolute Gasteiger partial charge is 0.416 e. The molecule has 1 amide bonds. The van der Waals surface area contributed by atoms with Crippen LogP contribution in [-0.2, 0) is 17.4 Å². The second-order valence-corrected chi connectivity index (χ2v) is 6.57. The highest BCUT2D eigenvalue weighted by molar-refractivity contribution is 6.02. The van der Waals surface area contributed by atoms with Crippen LogP contribution in [-0.4, -0.2) is 24.3 Å². The molecule has 0 unspecified atom stereocenters. The van der Waals surface area contributed by atoms with Crippen molar-refractivity contribution in [1.29, 1.82) is 0 Å². The van der Waals surface area contributed by atoms with Crippen molar-refractivity contribution in [3.8, 4) is 0 Å². The molecular formula is C20H19F3N2O2. The summed E-state index contributed by atoms with van der Waals surface area (Å²) >= 11 is 0. The van der Waals surface area contributed by atoms with Gasteiger partial charge in [-0.25, -0.2) is 0 Å². The molecule has 2 aromatic rings. The van der Waals surface area contributed by atoms with Crippen molar-refractivity contribution in [1.82, 2.24) is 0 Å². The second-order valence-electron chi connectivity index (χ2n) is 6.57. The third kappa shape index (κ3) is 3.97. The van der Waals surface area contributed by atoms with Crippen LogP contribution in [0.2, 0.25) is 0 Å². The van der Waals surface area contributed by atoms with Crippen LogP contribution >= 0.6 is 0 Å². The first kappa shape index (κ1) is 18.9. The monoisotopic (exact) mass is 376 g/mol. The molecule has 27 heavy (non-hydrogen) atoms. The Balaban J connectivity index is 1.76. The van der Waals surface area contributed by atoms with Gasteiger partial charge in [0.25, 0.3) is 0 Å². The van der Waals surface area contributed by atoms with Gasteiger partial charge in [-0.2, -0.15) is 13.2 Å². The molecule has 0 saturated carbocycles. The molecule has 1 heterocycles. The first-order valence-electron chi connectivity index (χ1n) is 8.56. The number of Topliss-reactive ketones (excluding diaryl/α,β-unsaturated/α-hetero) is 1. The fourth-order valence-electron chi connectivity index (χ4n) is 3.23. The van der Waals surface area contributed by atoms with E-state index in [0.717, 1.165) is 23.4 Å². The van der Waals surface area contributed by atoms with E-state index in [-0.39, 0.29) is 17.4 Å². The van der Waals surface area contributed by atoms with E-state index in [0.29, 0.717) is 18.5 Å². The molecule has 0 saturated heterocycles. The minimum atomic E-state index is -4.44. The normalized spacial score (nSPS) is 14.6. The topological polar surface area (TPSA) is 49.4 Å². The molecule has 4 nitrogen and oxygen atoms in total. The van der Waals surface area contributed by atoms with Crippen LogP contribution in [0.4, 0.5) is 24.5 Å². The summed E-state index contributed by atoms with van der Waals surface area (Å²) in [7, 11) is 0. The highest BCUT2D eigenvalue weighted by atomic mass is 19.4. The Bertz CT molecular complexity index is 893. The Labute approximate surface area is 155 Å². The Hall–Kier alpha value is -2.83. The summed E-state index contributed by atoms with van der Waals surface area (Å²) in [6, 6.07) is 9.21. The lowest BCUT2D eigenvalue weighted by Crippen LogP contribution is -2.27. The SMILES string of the molecule is CC(=O)N1CCc2cc(C(=O)[C@@H](C)Nc3cccc(C(F)(F)F)c3)ccc21. The first-order chi connectivity index (χ1) is 12.7. The smallest absolute Gasteiger partial charge is 0.375 e. The minimum absolute atomic E-state index is 0.0487. The molecule has 1 aliphatic rings. The average Bonchev–Trinajstić information content (AvgIpc) is 3.04. The summed E-state index contributed by atoms with van der Waals surface area (Å²) in [6.45, 7) is 3.69. The summed E-state index contributed by atoms with van der Waals surface area (Å²) < 4.78 is 38.5. The van der Waals surface area contributed by atoms with Crippen LogP contribution in [0.3, 0.4) is 0 Å². The maximum atomic E-state index is 12.8. The number of rotatable bonds is 4. The maximum Gasteiger partial charge on any atom is 0.416 e. The molecule has 1 atom stereocenters. The number of nitrogens with zero attached hydrogens (tertiary/aromatic N) is 1. The number of alkyl halides is 3. The van der Waals surface area contributed by atoms with Gasteiger partial charge in [0.2, 0.25) is 5.91 Å². The van der Waals surface area contributed by atoms with Gasteiger partial charge in [0, 0.05) is 30.4 Å². The molecule has 7 heteroatoms. The van der Waals surface area contributed by atoms with Crippen LogP contribution in [0, 0.1) is 0 Å². The van der Waals surface area contributed by atoms with Crippen LogP contribution in [0.15, 0.2) is 42.5 Å². The van der Waals surface area contributed by atoms with Crippen molar-refractivity contribution in [3.63, 3.8) is 0 Å². The van der Waals surface area contributed by atoms with Crippen molar-refractivity contribution in [2.75, 3.05) is 16.8 Å². The quantitative estimate of drug-likeness (QED) is 0.810. The zero-order valence-electron chi connectivity index (χ0n) is 14.9. The number of fused-ring (bicyclic) bond motifs is 1. The summed E-state index contributed by atoms with van der Waals surface area (Å²) in [5.74, 6) is -0.274. The molecule has 142 valence electrons. The molecule has 0 radical (unpaired) electrons. The van der Waals surface area contributed by atoms with Gasteiger partial charge in [-0.15, -0.1) is 0 Å². The third-order valence-corrected chi connectivity index (χ3v) is 4.61. The molecule has 1 N–H and O–H groups in total. The number of nitrogens with one attached hydrogen (secondary N) is 1. The van der Waals surface area contributed by atoms with Gasteiger partial charge in [-0.05, 0) is 55.3 Å². The minimum Gasteiger partial charge on any atom is -0.375 e. The van der Waals surface area contributed by atoms with Gasteiger partial charge in [0.05, 0.1) is 11.6 Å². The number of ketones is 1. The molecule has 0 aromatic heterocycles. The van der Waals surface area contributed by atoms with Crippen LogP contribution < -0.4 is 10.2 Å². The number of amides is 1. The molecule has 2 aromatic carbocycles. The van der Waals surface area contributed by atoms with E-state index in [1.165, 1.54) is 19.1 Å². The number of carbonyl (C=O) groups is 2. The van der Waals surface area contributed by atoms with Gasteiger partial charge in [0.15, 0.2) is 5.78 Å². The molecule has 0 bridgehead atoms. The summed E-state index contributed by atoms with van der Waals surface area (Å²) in [6.07, 6.45) is -3.76. The zero-order valence-corrected chi connectivity index (χ0v) is 14.9. The van der Waals surface area contributed by atoms with Crippen LogP contribution in [0.1, 0.15) is 35.3 Å². The highest BCUT2D eigenvalue weighted by Crippen LogP contribution is 2.31. The fraction of sp³-hybridized carbons (Fsp3) is 0.300. The molecule has 1 aliphatic heterocycles. The lowest BCUT2D eigenvalue weighted by Gasteiger charge is -2.17. The number of hydrogen-bond donors (Lipinski definition) is 1. The summed E-state index contributed by atoms with van der Waals surface area (Å²) in [4.78, 5) is 25.9. The fourth-order valence-corrected chi connectivity index (χ4v) is 3.23. The van der Waals surface area contributed by atoms with Crippen molar-refractivity contribution in [2.24, 2.45) is 0 Å². The van der Waals surface area contributed by atoms with Crippen molar-refractivity contribution in [2.45, 2.75) is 32.5 Å². The van der Waals surface area contributed by atoms with Gasteiger partial charge >= 0.3 is 6.18 Å². The van der Waals surface area contributed by atoms with Crippen LogP contribution in [0.25, 0.3) is 0 Å². The van der Waals surface area contributed by atoms with Gasteiger partial charge in [0.1, 0.15) is 0 Å². The average molecular weight is 376 g/mol. The number of halogens is 3. The van der Waals surface area contributed by atoms with E-state index in [1.54, 1.807) is 30.0 Å². The summed E-state index contributed by atoms with van der Waals surface area (Å²) in [5, 5.41) is 2.83. The predicted octanol–water partition coefficient (Wildman–Crippen LogP) is 4.30. The van der Waals surface area contributed by atoms with E-state index >= 15 is 0 Å². The number of anilines is 2. The molecule has 0 fully saturated rings. The standard InChI is InChI=1S/C20H19F3N2O2/c1-12(24-17-5-3-4-16(11-17)20(21,22)23)19(27)15-6-7-18-14(10-15)8-9-25(18)13(2)26/h3-7,10-12,24H,8-9H2,1-2H3/t12-/m1/s1. The highest BCUT2D eigenvalue weighted by Gasteiger charge is 2.30. The molecule has 0 aliphatic carbocycles. The number of hydrogen-bond acceptors (Lipinski definition) is 3. The zero-order chi connectivity index (χ0) is 19.8. The third-order valence-electron chi connectivity index (χ3n) is 4.61. The lowest BCUT2D eigenvalue weighted by atomic mass is 10.0. The number of benzene rings is 2. The summed E-state index contributed by atoms with van der Waals surface area (Å²) in [5.41, 5.74) is 1.65. The van der Waals surface area contributed by atoms with Crippen molar-refractivity contribution in [3.05, 3.63) is 59.2 Å². The molecule has 3 rings (SSSR count). The van der Waals surface area contributed by atoms with E-state index in [1.807, 2.05) is 0 Å². The lowest BCUT2D eigenvalue weighted by molar-refractivity contribution is -0.137. The van der Waals surface area contributed by atoms with E-state index in [4.69, 9.17) is 0 Å². The second kappa shape index (κ2) is 7.06. The van der Waals surface area contributed by atoms with Gasteiger partial charge in [-0.1, -0.05) is 6.07 Å². The van der Waals surface area contributed by atoms with Gasteiger partial charge < -0.3 is 10.2 Å². The Kier molecular flexibility index (Phi) is 4.95. The maximum absolute atomic E-state index is 12.8. The van der Waals surface area contributed by atoms with Crippen LogP contribution in [0.5, 0.6) is 0 Å².